The van der Waals surface area contributed by atoms with Gasteiger partial charge < -0.3 is 0 Å². The van der Waals surface area contributed by atoms with Crippen molar-refractivity contribution in [1.82, 2.24) is 14.6 Å². The Kier molecular flexibility index (Phi) is 2.70. The molecule has 0 aliphatic heterocycles. The van der Waals surface area contributed by atoms with E-state index >= 15 is 0 Å². The number of carbonyl (C=O) groups excluding carboxylic acids is 1. The second-order valence-electron chi connectivity index (χ2n) is 6.72. The van der Waals surface area contributed by atoms with Crippen LogP contribution in [-0.2, 0) is 6.42 Å². The molecule has 22 heavy (non-hydrogen) atoms. The Morgan fingerprint density at radius 3 is 2.59 bits per heavy atom. The van der Waals surface area contributed by atoms with Gasteiger partial charge in [0.05, 0.1) is 17.5 Å². The standard InChI is InChI=1S/C18H17N3O/c1-18(2)8-15-14(16(22)9-18)10-19-17-13(11-20-21(15)17)12-6-4-3-5-7-12/h3-7,10-11H,8-9H2,1-2H3. The van der Waals surface area contributed by atoms with E-state index in [1.807, 2.05) is 41.0 Å². The lowest BCUT2D eigenvalue weighted by atomic mass is 9.76. The normalized spacial score (nSPS) is 16.7. The summed E-state index contributed by atoms with van der Waals surface area (Å²) in [6, 6.07) is 10.1. The first kappa shape index (κ1) is 13.2. The third-order valence-corrected chi connectivity index (χ3v) is 4.30. The lowest BCUT2D eigenvalue weighted by Gasteiger charge is -2.29. The lowest BCUT2D eigenvalue weighted by Crippen LogP contribution is -2.29. The topological polar surface area (TPSA) is 47.3 Å². The second-order valence-corrected chi connectivity index (χ2v) is 6.72. The molecule has 0 saturated carbocycles. The minimum atomic E-state index is -0.0305. The van der Waals surface area contributed by atoms with E-state index in [1.54, 1.807) is 6.20 Å². The summed E-state index contributed by atoms with van der Waals surface area (Å²) in [6.45, 7) is 4.25. The van der Waals surface area contributed by atoms with Crippen molar-refractivity contribution >= 4 is 11.4 Å². The number of carbonyl (C=O) groups is 1. The van der Waals surface area contributed by atoms with Gasteiger partial charge in [-0.25, -0.2) is 9.50 Å². The summed E-state index contributed by atoms with van der Waals surface area (Å²) in [7, 11) is 0. The third kappa shape index (κ3) is 1.95. The summed E-state index contributed by atoms with van der Waals surface area (Å²) in [6.07, 6.45) is 4.96. The summed E-state index contributed by atoms with van der Waals surface area (Å²) < 4.78 is 1.84. The van der Waals surface area contributed by atoms with Gasteiger partial charge in [-0.1, -0.05) is 44.2 Å². The minimum absolute atomic E-state index is 0.0305. The Hall–Kier alpha value is -2.49. The van der Waals surface area contributed by atoms with Gasteiger partial charge in [-0.2, -0.15) is 5.10 Å². The van der Waals surface area contributed by atoms with E-state index < -0.39 is 0 Å². The fraction of sp³-hybridized carbons (Fsp3) is 0.278. The highest BCUT2D eigenvalue weighted by molar-refractivity contribution is 5.98. The van der Waals surface area contributed by atoms with Gasteiger partial charge in [0.1, 0.15) is 0 Å². The van der Waals surface area contributed by atoms with Gasteiger partial charge >= 0.3 is 0 Å². The Labute approximate surface area is 128 Å². The maximum atomic E-state index is 12.3. The molecule has 0 fully saturated rings. The quantitative estimate of drug-likeness (QED) is 0.689. The molecule has 4 heteroatoms. The molecule has 0 N–H and O–H groups in total. The number of rotatable bonds is 1. The average molecular weight is 291 g/mol. The van der Waals surface area contributed by atoms with E-state index in [4.69, 9.17) is 0 Å². The summed E-state index contributed by atoms with van der Waals surface area (Å²) in [5, 5.41) is 4.51. The smallest absolute Gasteiger partial charge is 0.166 e. The molecule has 1 aromatic carbocycles. The van der Waals surface area contributed by atoms with E-state index in [-0.39, 0.29) is 11.2 Å². The number of ketones is 1. The molecule has 2 heterocycles. The van der Waals surface area contributed by atoms with Crippen molar-refractivity contribution in [3.05, 3.63) is 54.0 Å². The number of fused-ring (bicyclic) bond motifs is 3. The number of aromatic nitrogens is 3. The van der Waals surface area contributed by atoms with Crippen LogP contribution in [-0.4, -0.2) is 20.4 Å². The summed E-state index contributed by atoms with van der Waals surface area (Å²) in [4.78, 5) is 16.8. The van der Waals surface area contributed by atoms with Crippen LogP contribution in [0.25, 0.3) is 16.8 Å². The van der Waals surface area contributed by atoms with Crippen molar-refractivity contribution in [1.29, 1.82) is 0 Å². The Morgan fingerprint density at radius 2 is 1.82 bits per heavy atom. The largest absolute Gasteiger partial charge is 0.294 e. The molecule has 0 spiro atoms. The van der Waals surface area contributed by atoms with Crippen LogP contribution >= 0.6 is 0 Å². The highest BCUT2D eigenvalue weighted by Crippen LogP contribution is 2.35. The van der Waals surface area contributed by atoms with Gasteiger partial charge in [0.15, 0.2) is 11.4 Å². The van der Waals surface area contributed by atoms with E-state index in [0.717, 1.165) is 34.5 Å². The zero-order valence-corrected chi connectivity index (χ0v) is 12.7. The number of hydrogen-bond donors (Lipinski definition) is 0. The van der Waals surface area contributed by atoms with Crippen molar-refractivity contribution < 1.29 is 4.79 Å². The highest BCUT2D eigenvalue weighted by atomic mass is 16.1. The van der Waals surface area contributed by atoms with Crippen molar-refractivity contribution in [3.63, 3.8) is 0 Å². The average Bonchev–Trinajstić information content (AvgIpc) is 2.91. The van der Waals surface area contributed by atoms with E-state index in [0.29, 0.717) is 6.42 Å². The predicted octanol–water partition coefficient (Wildman–Crippen LogP) is 3.55. The molecule has 0 amide bonds. The van der Waals surface area contributed by atoms with E-state index in [2.05, 4.69) is 23.9 Å². The highest BCUT2D eigenvalue weighted by Gasteiger charge is 2.33. The van der Waals surface area contributed by atoms with Crippen LogP contribution < -0.4 is 0 Å². The molecular weight excluding hydrogens is 274 g/mol. The van der Waals surface area contributed by atoms with E-state index in [9.17, 15) is 4.79 Å². The minimum Gasteiger partial charge on any atom is -0.294 e. The summed E-state index contributed by atoms with van der Waals surface area (Å²) >= 11 is 0. The van der Waals surface area contributed by atoms with Crippen molar-refractivity contribution in [2.45, 2.75) is 26.7 Å². The van der Waals surface area contributed by atoms with Crippen LogP contribution in [0.2, 0.25) is 0 Å². The van der Waals surface area contributed by atoms with Crippen LogP contribution in [0.5, 0.6) is 0 Å². The SMILES string of the molecule is CC1(C)CC(=O)c2cnc3c(-c4ccccc4)cnn3c2C1. The summed E-state index contributed by atoms with van der Waals surface area (Å²) in [5.74, 6) is 0.164. The van der Waals surface area contributed by atoms with Crippen LogP contribution in [0.4, 0.5) is 0 Å². The molecule has 0 unspecified atom stereocenters. The van der Waals surface area contributed by atoms with Crippen molar-refractivity contribution in [3.8, 4) is 11.1 Å². The van der Waals surface area contributed by atoms with Crippen LogP contribution in [0, 0.1) is 5.41 Å². The molecular formula is C18H17N3O. The molecule has 1 aliphatic carbocycles. The molecule has 1 aliphatic rings. The molecule has 3 aromatic rings. The zero-order valence-electron chi connectivity index (χ0n) is 12.7. The first-order valence-electron chi connectivity index (χ1n) is 7.49. The first-order chi connectivity index (χ1) is 10.6. The van der Waals surface area contributed by atoms with Gasteiger partial charge in [-0.15, -0.1) is 0 Å². The van der Waals surface area contributed by atoms with Gasteiger partial charge in [0, 0.05) is 18.2 Å². The molecule has 0 bridgehead atoms. The Balaban J connectivity index is 1.96. The number of benzene rings is 1. The Morgan fingerprint density at radius 1 is 1.05 bits per heavy atom. The van der Waals surface area contributed by atoms with Gasteiger partial charge in [0.25, 0.3) is 0 Å². The Bertz CT molecular complexity index is 878. The molecule has 110 valence electrons. The fourth-order valence-electron chi connectivity index (χ4n) is 3.25. The lowest BCUT2D eigenvalue weighted by molar-refractivity contribution is 0.0908. The maximum absolute atomic E-state index is 12.3. The summed E-state index contributed by atoms with van der Waals surface area (Å²) in [5.41, 5.74) is 4.57. The molecule has 4 nitrogen and oxygen atoms in total. The van der Waals surface area contributed by atoms with E-state index in [1.165, 1.54) is 0 Å². The van der Waals surface area contributed by atoms with Crippen LogP contribution in [0.15, 0.2) is 42.7 Å². The van der Waals surface area contributed by atoms with Crippen LogP contribution in [0.1, 0.15) is 36.3 Å². The monoisotopic (exact) mass is 291 g/mol. The van der Waals surface area contributed by atoms with Gasteiger partial charge in [-0.3, -0.25) is 4.79 Å². The third-order valence-electron chi connectivity index (χ3n) is 4.30. The molecule has 0 saturated heterocycles. The van der Waals surface area contributed by atoms with Gasteiger partial charge in [0.2, 0.25) is 0 Å². The number of hydrogen-bond acceptors (Lipinski definition) is 3. The van der Waals surface area contributed by atoms with Crippen molar-refractivity contribution in [2.24, 2.45) is 5.41 Å². The molecule has 4 rings (SSSR count). The first-order valence-corrected chi connectivity index (χ1v) is 7.49. The maximum Gasteiger partial charge on any atom is 0.166 e. The van der Waals surface area contributed by atoms with Crippen LogP contribution in [0.3, 0.4) is 0 Å². The molecule has 0 atom stereocenters. The second kappa shape index (κ2) is 4.50. The zero-order chi connectivity index (χ0) is 15.3. The predicted molar refractivity (Wildman–Crippen MR) is 84.9 cm³/mol. The van der Waals surface area contributed by atoms with Gasteiger partial charge in [-0.05, 0) is 17.4 Å². The van der Waals surface area contributed by atoms with Crippen molar-refractivity contribution in [2.75, 3.05) is 0 Å². The molecule has 2 aromatic heterocycles. The molecule has 0 radical (unpaired) electrons. The number of Topliss-reactive ketones (excluding diaryl/α,β-unsaturated/α-hetero) is 1. The number of nitrogens with zero attached hydrogens (tertiary/aromatic N) is 3. The fourth-order valence-corrected chi connectivity index (χ4v) is 3.25.